The third kappa shape index (κ3) is 4.94. The Morgan fingerprint density at radius 1 is 1.19 bits per heavy atom. The van der Waals surface area contributed by atoms with Crippen LogP contribution in [-0.2, 0) is 12.8 Å². The van der Waals surface area contributed by atoms with E-state index in [1.54, 1.807) is 0 Å². The van der Waals surface area contributed by atoms with Crippen LogP contribution in [0.4, 0.5) is 23.2 Å². The number of carbonyl (C=O) groups is 1. The van der Waals surface area contributed by atoms with Crippen molar-refractivity contribution in [2.45, 2.75) is 25.7 Å². The number of halogens is 4. The van der Waals surface area contributed by atoms with E-state index in [0.717, 1.165) is 30.3 Å². The summed E-state index contributed by atoms with van der Waals surface area (Å²) in [6.45, 7) is 1.05. The SMILES string of the molecule is C[C@@H](NC(=O)c1ccc(=O)n(-c2cc(CO)ccc2F)n1)c1cc(N)cc(C(F)(F)F)c1. The van der Waals surface area contributed by atoms with Gasteiger partial charge in [0.25, 0.3) is 11.5 Å². The first-order valence-corrected chi connectivity index (χ1v) is 9.28. The number of hydrogen-bond donors (Lipinski definition) is 3. The first-order valence-electron chi connectivity index (χ1n) is 9.28. The molecule has 0 saturated heterocycles. The topological polar surface area (TPSA) is 110 Å². The molecule has 0 spiro atoms. The van der Waals surface area contributed by atoms with Gasteiger partial charge < -0.3 is 16.2 Å². The Balaban J connectivity index is 1.91. The van der Waals surface area contributed by atoms with E-state index in [2.05, 4.69) is 10.4 Å². The van der Waals surface area contributed by atoms with Gasteiger partial charge >= 0.3 is 6.18 Å². The van der Waals surface area contributed by atoms with Gasteiger partial charge in [-0.05, 0) is 54.4 Å². The van der Waals surface area contributed by atoms with Gasteiger partial charge in [0.15, 0.2) is 0 Å². The predicted octanol–water partition coefficient (Wildman–Crippen LogP) is 2.96. The van der Waals surface area contributed by atoms with Gasteiger partial charge in [-0.3, -0.25) is 9.59 Å². The lowest BCUT2D eigenvalue weighted by atomic mass is 10.0. The van der Waals surface area contributed by atoms with Crippen molar-refractivity contribution in [1.29, 1.82) is 0 Å². The molecular formula is C21H18F4N4O3. The second-order valence-electron chi connectivity index (χ2n) is 6.99. The van der Waals surface area contributed by atoms with Gasteiger partial charge in [-0.25, -0.2) is 4.39 Å². The molecule has 168 valence electrons. The van der Waals surface area contributed by atoms with Gasteiger partial charge in [0.2, 0.25) is 0 Å². The molecule has 1 atom stereocenters. The van der Waals surface area contributed by atoms with Crippen LogP contribution < -0.4 is 16.6 Å². The molecule has 0 radical (unpaired) electrons. The fourth-order valence-corrected chi connectivity index (χ4v) is 2.97. The number of aliphatic hydroxyl groups excluding tert-OH is 1. The molecule has 0 aliphatic carbocycles. The lowest BCUT2D eigenvalue weighted by Crippen LogP contribution is -2.31. The number of hydrogen-bond acceptors (Lipinski definition) is 5. The maximum absolute atomic E-state index is 14.2. The first kappa shape index (κ1) is 22.9. The number of nitrogen functional groups attached to an aromatic ring is 1. The molecule has 32 heavy (non-hydrogen) atoms. The number of amides is 1. The monoisotopic (exact) mass is 450 g/mol. The van der Waals surface area contributed by atoms with E-state index in [1.165, 1.54) is 25.1 Å². The smallest absolute Gasteiger partial charge is 0.399 e. The number of rotatable bonds is 5. The van der Waals surface area contributed by atoms with Crippen LogP contribution in [0.2, 0.25) is 0 Å². The van der Waals surface area contributed by atoms with E-state index in [0.29, 0.717) is 10.2 Å². The molecule has 7 nitrogen and oxygen atoms in total. The third-order valence-electron chi connectivity index (χ3n) is 4.61. The van der Waals surface area contributed by atoms with Crippen LogP contribution in [0.15, 0.2) is 53.3 Å². The standard InChI is InChI=1S/C21H18F4N4O3/c1-11(13-7-14(21(23,24)25)9-15(26)8-13)27-20(32)17-4-5-19(31)29(28-17)18-6-12(10-30)2-3-16(18)22/h2-9,11,30H,10,26H2,1H3,(H,27,32)/t11-/m1/s1. The summed E-state index contributed by atoms with van der Waals surface area (Å²) >= 11 is 0. The van der Waals surface area contributed by atoms with E-state index in [-0.39, 0.29) is 22.6 Å². The average molecular weight is 450 g/mol. The number of aromatic nitrogens is 2. The minimum Gasteiger partial charge on any atom is -0.399 e. The number of alkyl halides is 3. The van der Waals surface area contributed by atoms with Crippen molar-refractivity contribution in [2.24, 2.45) is 0 Å². The maximum Gasteiger partial charge on any atom is 0.416 e. The molecule has 0 fully saturated rings. The molecule has 0 aliphatic rings. The van der Waals surface area contributed by atoms with Crippen molar-refractivity contribution < 1.29 is 27.5 Å². The summed E-state index contributed by atoms with van der Waals surface area (Å²) in [6, 6.07) is 7.74. The Morgan fingerprint density at radius 2 is 1.91 bits per heavy atom. The van der Waals surface area contributed by atoms with Gasteiger partial charge in [-0.2, -0.15) is 23.0 Å². The van der Waals surface area contributed by atoms with Crippen LogP contribution >= 0.6 is 0 Å². The van der Waals surface area contributed by atoms with Gasteiger partial charge in [0.1, 0.15) is 17.2 Å². The maximum atomic E-state index is 14.2. The highest BCUT2D eigenvalue weighted by atomic mass is 19.4. The van der Waals surface area contributed by atoms with Gasteiger partial charge in [-0.15, -0.1) is 0 Å². The highest BCUT2D eigenvalue weighted by Crippen LogP contribution is 2.32. The van der Waals surface area contributed by atoms with E-state index < -0.39 is 41.7 Å². The minimum absolute atomic E-state index is 0.112. The van der Waals surface area contributed by atoms with Crippen LogP contribution in [0.25, 0.3) is 5.69 Å². The third-order valence-corrected chi connectivity index (χ3v) is 4.61. The zero-order valence-corrected chi connectivity index (χ0v) is 16.7. The normalized spacial score (nSPS) is 12.4. The summed E-state index contributed by atoms with van der Waals surface area (Å²) in [5, 5.41) is 15.6. The largest absolute Gasteiger partial charge is 0.416 e. The first-order chi connectivity index (χ1) is 15.0. The molecule has 1 aromatic heterocycles. The molecule has 3 rings (SSSR count). The highest BCUT2D eigenvalue weighted by Gasteiger charge is 2.31. The van der Waals surface area contributed by atoms with Crippen LogP contribution in [0.1, 0.15) is 40.1 Å². The second kappa shape index (κ2) is 8.79. The number of nitrogens with zero attached hydrogens (tertiary/aromatic N) is 2. The van der Waals surface area contributed by atoms with Crippen molar-refractivity contribution in [2.75, 3.05) is 5.73 Å². The minimum atomic E-state index is -4.61. The van der Waals surface area contributed by atoms with E-state index >= 15 is 0 Å². The molecule has 4 N–H and O–H groups in total. The quantitative estimate of drug-likeness (QED) is 0.409. The summed E-state index contributed by atoms with van der Waals surface area (Å²) in [6.07, 6.45) is -4.61. The van der Waals surface area contributed by atoms with Gasteiger partial charge in [0.05, 0.1) is 18.2 Å². The van der Waals surface area contributed by atoms with Crippen LogP contribution in [0, 0.1) is 5.82 Å². The lowest BCUT2D eigenvalue weighted by molar-refractivity contribution is -0.137. The molecule has 1 heterocycles. The molecule has 1 amide bonds. The Hall–Kier alpha value is -3.73. The summed E-state index contributed by atoms with van der Waals surface area (Å²) in [5.74, 6) is -1.61. The summed E-state index contributed by atoms with van der Waals surface area (Å²) < 4.78 is 54.0. The van der Waals surface area contributed by atoms with Crippen molar-refractivity contribution >= 4 is 11.6 Å². The van der Waals surface area contributed by atoms with Gasteiger partial charge in [0, 0.05) is 11.8 Å². The van der Waals surface area contributed by atoms with Gasteiger partial charge in [-0.1, -0.05) is 6.07 Å². The van der Waals surface area contributed by atoms with Crippen molar-refractivity contribution in [3.05, 3.63) is 87.1 Å². The molecule has 0 unspecified atom stereocenters. The van der Waals surface area contributed by atoms with E-state index in [1.807, 2.05) is 0 Å². The van der Waals surface area contributed by atoms with Crippen molar-refractivity contribution in [3.8, 4) is 5.69 Å². The Labute approximate surface area is 179 Å². The number of benzene rings is 2. The van der Waals surface area contributed by atoms with Crippen molar-refractivity contribution in [1.82, 2.24) is 15.1 Å². The number of carbonyl (C=O) groups excluding carboxylic acids is 1. The lowest BCUT2D eigenvalue weighted by Gasteiger charge is -2.17. The van der Waals surface area contributed by atoms with Crippen LogP contribution in [0.5, 0.6) is 0 Å². The molecule has 0 aliphatic heterocycles. The number of nitrogens with two attached hydrogens (primary N) is 1. The molecule has 2 aromatic carbocycles. The predicted molar refractivity (Wildman–Crippen MR) is 107 cm³/mol. The van der Waals surface area contributed by atoms with Crippen LogP contribution in [-0.4, -0.2) is 20.8 Å². The molecule has 11 heteroatoms. The zero-order chi connectivity index (χ0) is 23.6. The number of anilines is 1. The molecule has 0 saturated carbocycles. The molecular weight excluding hydrogens is 432 g/mol. The zero-order valence-electron chi connectivity index (χ0n) is 16.7. The Morgan fingerprint density at radius 3 is 2.56 bits per heavy atom. The number of nitrogens with one attached hydrogen (secondary N) is 1. The average Bonchev–Trinajstić information content (AvgIpc) is 2.73. The fourth-order valence-electron chi connectivity index (χ4n) is 2.97. The van der Waals surface area contributed by atoms with E-state index in [4.69, 9.17) is 5.73 Å². The van der Waals surface area contributed by atoms with Crippen LogP contribution in [0.3, 0.4) is 0 Å². The summed E-state index contributed by atoms with van der Waals surface area (Å²) in [7, 11) is 0. The fraction of sp³-hybridized carbons (Fsp3) is 0.190. The summed E-state index contributed by atoms with van der Waals surface area (Å²) in [4.78, 5) is 24.8. The highest BCUT2D eigenvalue weighted by molar-refractivity contribution is 5.92. The number of aliphatic hydroxyl groups is 1. The summed E-state index contributed by atoms with van der Waals surface area (Å²) in [5.41, 5.74) is 3.64. The molecule has 0 bridgehead atoms. The van der Waals surface area contributed by atoms with E-state index in [9.17, 15) is 32.3 Å². The second-order valence-corrected chi connectivity index (χ2v) is 6.99. The Bertz CT molecular complexity index is 1220. The Kier molecular flexibility index (Phi) is 6.30. The molecule has 3 aromatic rings. The van der Waals surface area contributed by atoms with Crippen molar-refractivity contribution in [3.63, 3.8) is 0 Å².